The molecule has 0 saturated heterocycles. The van der Waals surface area contributed by atoms with Crippen LogP contribution < -0.4 is 5.56 Å². The number of hydrogen-bond acceptors (Lipinski definition) is 2. The molecule has 2 aromatic heterocycles. The molecule has 1 aliphatic carbocycles. The number of rotatable bonds is 3. The van der Waals surface area contributed by atoms with Crippen molar-refractivity contribution >= 4 is 5.52 Å². The van der Waals surface area contributed by atoms with Crippen LogP contribution in [-0.4, -0.2) is 19.9 Å². The van der Waals surface area contributed by atoms with E-state index in [9.17, 15) is 18.0 Å². The SMILES string of the molecule is Cc1cn2cnc(C3CC3(F)F)c2c(=O)n1Cc1cccc(F)c1. The van der Waals surface area contributed by atoms with Gasteiger partial charge in [-0.05, 0) is 24.6 Å². The van der Waals surface area contributed by atoms with Crippen molar-refractivity contribution in [2.24, 2.45) is 0 Å². The Morgan fingerprint density at radius 2 is 2.12 bits per heavy atom. The number of alkyl halides is 2. The van der Waals surface area contributed by atoms with E-state index in [1.807, 2.05) is 0 Å². The standard InChI is InChI=1S/C17H14F3N3O/c1-10-7-22-9-21-14(13-6-17(13,19)20)15(22)16(24)23(10)8-11-3-2-4-12(18)5-11/h2-5,7,9,13H,6,8H2,1H3. The maximum absolute atomic E-state index is 13.4. The van der Waals surface area contributed by atoms with Gasteiger partial charge in [-0.15, -0.1) is 0 Å². The summed E-state index contributed by atoms with van der Waals surface area (Å²) in [7, 11) is 0. The summed E-state index contributed by atoms with van der Waals surface area (Å²) in [6, 6.07) is 5.96. The summed E-state index contributed by atoms with van der Waals surface area (Å²) in [6.07, 6.45) is 2.78. The van der Waals surface area contributed by atoms with E-state index in [4.69, 9.17) is 0 Å². The van der Waals surface area contributed by atoms with Crippen molar-refractivity contribution in [1.82, 2.24) is 14.0 Å². The Kier molecular flexibility index (Phi) is 3.10. The van der Waals surface area contributed by atoms with E-state index < -0.39 is 17.4 Å². The predicted molar refractivity (Wildman–Crippen MR) is 82.0 cm³/mol. The fourth-order valence-electron chi connectivity index (χ4n) is 3.03. The van der Waals surface area contributed by atoms with Crippen LogP contribution in [0, 0.1) is 12.7 Å². The maximum atomic E-state index is 13.4. The molecule has 24 heavy (non-hydrogen) atoms. The Balaban J connectivity index is 1.84. The lowest BCUT2D eigenvalue weighted by atomic mass is 10.2. The minimum Gasteiger partial charge on any atom is -0.305 e. The smallest absolute Gasteiger partial charge is 0.277 e. The fourth-order valence-corrected chi connectivity index (χ4v) is 3.03. The van der Waals surface area contributed by atoms with Crippen molar-refractivity contribution in [2.75, 3.05) is 0 Å². The number of hydrogen-bond donors (Lipinski definition) is 0. The number of imidazole rings is 1. The lowest BCUT2D eigenvalue weighted by Gasteiger charge is -2.11. The Morgan fingerprint density at radius 1 is 1.38 bits per heavy atom. The molecule has 7 heteroatoms. The predicted octanol–water partition coefficient (Wildman–Crippen LogP) is 3.11. The van der Waals surface area contributed by atoms with Crippen LogP contribution in [-0.2, 0) is 6.54 Å². The summed E-state index contributed by atoms with van der Waals surface area (Å²) in [5, 5.41) is 0. The number of aromatic nitrogens is 3. The van der Waals surface area contributed by atoms with Gasteiger partial charge in [-0.2, -0.15) is 0 Å². The highest BCUT2D eigenvalue weighted by Gasteiger charge is 2.59. The molecule has 1 atom stereocenters. The monoisotopic (exact) mass is 333 g/mol. The first-order valence-electron chi connectivity index (χ1n) is 7.56. The molecule has 0 spiro atoms. The van der Waals surface area contributed by atoms with Gasteiger partial charge in [0.05, 0.1) is 24.5 Å². The Hall–Kier alpha value is -2.57. The van der Waals surface area contributed by atoms with Crippen molar-refractivity contribution in [1.29, 1.82) is 0 Å². The average Bonchev–Trinajstić information content (AvgIpc) is 2.95. The highest BCUT2D eigenvalue weighted by Crippen LogP contribution is 2.55. The van der Waals surface area contributed by atoms with Gasteiger partial charge in [0.15, 0.2) is 0 Å². The molecule has 1 unspecified atom stereocenters. The van der Waals surface area contributed by atoms with Crippen LogP contribution in [0.25, 0.3) is 5.52 Å². The van der Waals surface area contributed by atoms with E-state index in [0.717, 1.165) is 0 Å². The van der Waals surface area contributed by atoms with Gasteiger partial charge in [-0.3, -0.25) is 9.20 Å². The Morgan fingerprint density at radius 3 is 2.79 bits per heavy atom. The summed E-state index contributed by atoms with van der Waals surface area (Å²) in [4.78, 5) is 16.9. The van der Waals surface area contributed by atoms with Crippen molar-refractivity contribution in [3.8, 4) is 0 Å². The van der Waals surface area contributed by atoms with Crippen LogP contribution in [0.15, 0.2) is 41.6 Å². The molecule has 0 bridgehead atoms. The molecule has 1 fully saturated rings. The van der Waals surface area contributed by atoms with Crippen LogP contribution >= 0.6 is 0 Å². The molecule has 0 amide bonds. The second-order valence-electron chi connectivity index (χ2n) is 6.20. The number of aryl methyl sites for hydroxylation is 1. The quantitative estimate of drug-likeness (QED) is 0.739. The number of nitrogens with zero attached hydrogens (tertiary/aromatic N) is 3. The zero-order valence-electron chi connectivity index (χ0n) is 12.8. The molecule has 0 radical (unpaired) electrons. The van der Waals surface area contributed by atoms with Gasteiger partial charge in [-0.25, -0.2) is 18.2 Å². The zero-order chi connectivity index (χ0) is 17.1. The minimum atomic E-state index is -2.79. The van der Waals surface area contributed by atoms with Gasteiger partial charge < -0.3 is 4.57 Å². The van der Waals surface area contributed by atoms with Crippen molar-refractivity contribution < 1.29 is 13.2 Å². The average molecular weight is 333 g/mol. The summed E-state index contributed by atoms with van der Waals surface area (Å²) in [5.41, 5.74) is 1.18. The molecule has 2 heterocycles. The van der Waals surface area contributed by atoms with Crippen molar-refractivity contribution in [3.05, 3.63) is 69.9 Å². The normalized spacial score (nSPS) is 18.9. The molecule has 3 aromatic rings. The number of halogens is 3. The van der Waals surface area contributed by atoms with Gasteiger partial charge in [0.2, 0.25) is 0 Å². The van der Waals surface area contributed by atoms with Crippen LogP contribution in [0.2, 0.25) is 0 Å². The third-order valence-corrected chi connectivity index (χ3v) is 4.41. The third-order valence-electron chi connectivity index (χ3n) is 4.41. The minimum absolute atomic E-state index is 0.137. The first kappa shape index (κ1) is 15.0. The second-order valence-corrected chi connectivity index (χ2v) is 6.20. The molecule has 4 nitrogen and oxygen atoms in total. The van der Waals surface area contributed by atoms with Gasteiger partial charge in [0.25, 0.3) is 11.5 Å². The van der Waals surface area contributed by atoms with Crippen molar-refractivity contribution in [2.45, 2.75) is 31.7 Å². The van der Waals surface area contributed by atoms with Crippen molar-refractivity contribution in [3.63, 3.8) is 0 Å². The molecule has 4 rings (SSSR count). The van der Waals surface area contributed by atoms with Crippen LogP contribution in [0.5, 0.6) is 0 Å². The van der Waals surface area contributed by atoms with Gasteiger partial charge in [0, 0.05) is 18.3 Å². The first-order valence-corrected chi connectivity index (χ1v) is 7.56. The summed E-state index contributed by atoms with van der Waals surface area (Å²) in [6.45, 7) is 1.91. The highest BCUT2D eigenvalue weighted by molar-refractivity contribution is 5.55. The summed E-state index contributed by atoms with van der Waals surface area (Å²) >= 11 is 0. The van der Waals surface area contributed by atoms with Crippen LogP contribution in [0.3, 0.4) is 0 Å². The van der Waals surface area contributed by atoms with E-state index in [-0.39, 0.29) is 30.0 Å². The molecule has 1 aromatic carbocycles. The Bertz CT molecular complexity index is 1010. The van der Waals surface area contributed by atoms with E-state index in [0.29, 0.717) is 11.3 Å². The molecule has 1 saturated carbocycles. The highest BCUT2D eigenvalue weighted by atomic mass is 19.3. The van der Waals surface area contributed by atoms with Crippen LogP contribution in [0.1, 0.15) is 29.3 Å². The fraction of sp³-hybridized carbons (Fsp3) is 0.294. The topological polar surface area (TPSA) is 39.3 Å². The number of fused-ring (bicyclic) bond motifs is 1. The molecular formula is C17H14F3N3O. The lowest BCUT2D eigenvalue weighted by molar-refractivity contribution is 0.112. The van der Waals surface area contributed by atoms with Gasteiger partial charge >= 0.3 is 0 Å². The summed E-state index contributed by atoms with van der Waals surface area (Å²) in [5.74, 6) is -4.18. The van der Waals surface area contributed by atoms with E-state index in [1.54, 1.807) is 25.3 Å². The molecular weight excluding hydrogens is 319 g/mol. The van der Waals surface area contributed by atoms with Gasteiger partial charge in [-0.1, -0.05) is 12.1 Å². The summed E-state index contributed by atoms with van der Waals surface area (Å²) < 4.78 is 43.1. The van der Waals surface area contributed by atoms with E-state index in [1.165, 1.54) is 27.4 Å². The zero-order valence-corrected chi connectivity index (χ0v) is 12.8. The first-order chi connectivity index (χ1) is 11.4. The lowest BCUT2D eigenvalue weighted by Crippen LogP contribution is -2.25. The molecule has 0 N–H and O–H groups in total. The number of benzene rings is 1. The molecule has 0 aliphatic heterocycles. The molecule has 1 aliphatic rings. The second kappa shape index (κ2) is 4.96. The van der Waals surface area contributed by atoms with Crippen LogP contribution in [0.4, 0.5) is 13.2 Å². The van der Waals surface area contributed by atoms with E-state index >= 15 is 0 Å². The largest absolute Gasteiger partial charge is 0.305 e. The van der Waals surface area contributed by atoms with E-state index in [2.05, 4.69) is 4.98 Å². The van der Waals surface area contributed by atoms with Gasteiger partial charge in [0.1, 0.15) is 11.3 Å². The third kappa shape index (κ3) is 2.31. The molecule has 124 valence electrons. The Labute approximate surface area is 135 Å². The maximum Gasteiger partial charge on any atom is 0.277 e.